The largest absolute Gasteiger partial charge is 0.388 e. The number of nitrogens with two attached hydrogens (primary N) is 1. The summed E-state index contributed by atoms with van der Waals surface area (Å²) < 4.78 is 0.881. The first kappa shape index (κ1) is 10.9. The molecule has 1 aromatic rings. The Labute approximate surface area is 85.6 Å². The minimum Gasteiger partial charge on any atom is -0.388 e. The van der Waals surface area contributed by atoms with Gasteiger partial charge in [-0.3, -0.25) is 0 Å². The van der Waals surface area contributed by atoms with Gasteiger partial charge in [0.15, 0.2) is 4.34 Å². The van der Waals surface area contributed by atoms with Crippen LogP contribution in [0.25, 0.3) is 0 Å². The van der Waals surface area contributed by atoms with E-state index in [9.17, 15) is 5.11 Å². The molecule has 1 rings (SSSR count). The van der Waals surface area contributed by atoms with Crippen molar-refractivity contribution >= 4 is 23.1 Å². The third-order valence-electron chi connectivity index (χ3n) is 1.45. The van der Waals surface area contributed by atoms with Crippen LogP contribution in [0.3, 0.4) is 0 Å². The van der Waals surface area contributed by atoms with E-state index >= 15 is 0 Å². The Kier molecular flexibility index (Phi) is 3.66. The van der Waals surface area contributed by atoms with E-state index in [1.165, 1.54) is 23.1 Å². The van der Waals surface area contributed by atoms with E-state index in [4.69, 9.17) is 5.73 Å². The van der Waals surface area contributed by atoms with E-state index < -0.39 is 5.60 Å². The lowest BCUT2D eigenvalue weighted by Gasteiger charge is -2.18. The second-order valence-corrected chi connectivity index (χ2v) is 5.48. The van der Waals surface area contributed by atoms with E-state index in [1.807, 2.05) is 6.92 Å². The van der Waals surface area contributed by atoms with Crippen LogP contribution < -0.4 is 5.73 Å². The normalized spacial score (nSPS) is 15.7. The van der Waals surface area contributed by atoms with Gasteiger partial charge in [0.25, 0.3) is 0 Å². The van der Waals surface area contributed by atoms with Crippen LogP contribution in [0.4, 0.5) is 0 Å². The van der Waals surface area contributed by atoms with Crippen LogP contribution in [-0.4, -0.2) is 33.2 Å². The van der Waals surface area contributed by atoms with Crippen LogP contribution in [0, 0.1) is 6.92 Å². The molecule has 13 heavy (non-hydrogen) atoms. The van der Waals surface area contributed by atoms with E-state index in [0.717, 1.165) is 9.35 Å². The molecule has 1 unspecified atom stereocenters. The summed E-state index contributed by atoms with van der Waals surface area (Å²) in [6.45, 7) is 3.88. The molecule has 0 saturated carbocycles. The number of rotatable bonds is 4. The summed E-state index contributed by atoms with van der Waals surface area (Å²) in [5.41, 5.74) is 4.56. The maximum Gasteiger partial charge on any atom is 0.174 e. The van der Waals surface area contributed by atoms with Gasteiger partial charge in [0.1, 0.15) is 5.01 Å². The summed E-state index contributed by atoms with van der Waals surface area (Å²) in [5.74, 6) is 0.554. The van der Waals surface area contributed by atoms with Crippen LogP contribution in [0.5, 0.6) is 0 Å². The van der Waals surface area contributed by atoms with Crippen molar-refractivity contribution in [3.63, 3.8) is 0 Å². The van der Waals surface area contributed by atoms with Gasteiger partial charge >= 0.3 is 0 Å². The number of hydrogen-bond donors (Lipinski definition) is 2. The standard InChI is InChI=1S/C7H13N3OS2/c1-5-9-10-6(13-5)12-4-7(2,11)3-8/h11H,3-4,8H2,1-2H3. The lowest BCUT2D eigenvalue weighted by molar-refractivity contribution is 0.0949. The molecule has 0 fully saturated rings. The Bertz CT molecular complexity index is 274. The maximum atomic E-state index is 9.60. The third-order valence-corrected chi connectivity index (χ3v) is 3.79. The molecule has 0 aliphatic rings. The molecule has 0 bridgehead atoms. The summed E-state index contributed by atoms with van der Waals surface area (Å²) in [6, 6.07) is 0. The Balaban J connectivity index is 2.43. The second-order valence-electron chi connectivity index (χ2n) is 3.08. The molecule has 1 atom stereocenters. The summed E-state index contributed by atoms with van der Waals surface area (Å²) >= 11 is 3.02. The van der Waals surface area contributed by atoms with Gasteiger partial charge < -0.3 is 10.8 Å². The van der Waals surface area contributed by atoms with Gasteiger partial charge in [-0.15, -0.1) is 10.2 Å². The Morgan fingerprint density at radius 2 is 2.31 bits per heavy atom. The summed E-state index contributed by atoms with van der Waals surface area (Å²) in [4.78, 5) is 0. The van der Waals surface area contributed by atoms with Crippen LogP contribution in [0.1, 0.15) is 11.9 Å². The van der Waals surface area contributed by atoms with Crippen molar-refractivity contribution in [3.8, 4) is 0 Å². The summed E-state index contributed by atoms with van der Waals surface area (Å²) in [6.07, 6.45) is 0. The first-order valence-corrected chi connectivity index (χ1v) is 5.69. The number of nitrogens with zero attached hydrogens (tertiary/aromatic N) is 2. The maximum absolute atomic E-state index is 9.60. The van der Waals surface area contributed by atoms with Crippen molar-refractivity contribution < 1.29 is 5.11 Å². The molecule has 0 radical (unpaired) electrons. The fourth-order valence-corrected chi connectivity index (χ4v) is 2.45. The molecule has 0 aliphatic carbocycles. The molecule has 0 spiro atoms. The predicted octanol–water partition coefficient (Wildman–Crippen LogP) is 0.648. The molecule has 0 amide bonds. The summed E-state index contributed by atoms with van der Waals surface area (Å²) in [7, 11) is 0. The van der Waals surface area contributed by atoms with E-state index in [2.05, 4.69) is 10.2 Å². The third kappa shape index (κ3) is 3.60. The highest BCUT2D eigenvalue weighted by Crippen LogP contribution is 2.24. The zero-order valence-corrected chi connectivity index (χ0v) is 9.28. The quantitative estimate of drug-likeness (QED) is 0.727. The van der Waals surface area contributed by atoms with Crippen LogP contribution >= 0.6 is 23.1 Å². The van der Waals surface area contributed by atoms with Crippen molar-refractivity contribution in [2.45, 2.75) is 23.8 Å². The van der Waals surface area contributed by atoms with E-state index in [1.54, 1.807) is 6.92 Å². The van der Waals surface area contributed by atoms with Crippen molar-refractivity contribution in [2.75, 3.05) is 12.3 Å². The molecule has 3 N–H and O–H groups in total. The van der Waals surface area contributed by atoms with Crippen LogP contribution in [-0.2, 0) is 0 Å². The average molecular weight is 219 g/mol. The monoisotopic (exact) mass is 219 g/mol. The first-order valence-electron chi connectivity index (χ1n) is 3.89. The molecule has 4 nitrogen and oxygen atoms in total. The number of thioether (sulfide) groups is 1. The van der Waals surface area contributed by atoms with E-state index in [-0.39, 0.29) is 6.54 Å². The van der Waals surface area contributed by atoms with E-state index in [0.29, 0.717) is 5.75 Å². The highest BCUT2D eigenvalue weighted by atomic mass is 32.2. The molecule has 1 heterocycles. The molecule has 6 heteroatoms. The zero-order chi connectivity index (χ0) is 9.90. The average Bonchev–Trinajstić information content (AvgIpc) is 2.48. The first-order chi connectivity index (χ1) is 6.03. The predicted molar refractivity (Wildman–Crippen MR) is 55.0 cm³/mol. The summed E-state index contributed by atoms with van der Waals surface area (Å²) in [5, 5.41) is 18.4. The number of aliphatic hydroxyl groups is 1. The highest BCUT2D eigenvalue weighted by molar-refractivity contribution is 8.01. The minimum absolute atomic E-state index is 0.262. The van der Waals surface area contributed by atoms with Gasteiger partial charge in [0.05, 0.1) is 5.60 Å². The van der Waals surface area contributed by atoms with Crippen LogP contribution in [0.15, 0.2) is 4.34 Å². The van der Waals surface area contributed by atoms with Crippen molar-refractivity contribution in [1.82, 2.24) is 10.2 Å². The van der Waals surface area contributed by atoms with Gasteiger partial charge in [0.2, 0.25) is 0 Å². The second kappa shape index (κ2) is 4.36. The van der Waals surface area contributed by atoms with Gasteiger partial charge in [-0.25, -0.2) is 0 Å². The molecular weight excluding hydrogens is 206 g/mol. The fourth-order valence-electron chi connectivity index (χ4n) is 0.613. The lowest BCUT2D eigenvalue weighted by Crippen LogP contribution is -2.36. The van der Waals surface area contributed by atoms with Gasteiger partial charge in [-0.1, -0.05) is 23.1 Å². The molecule has 0 saturated heterocycles. The number of hydrogen-bond acceptors (Lipinski definition) is 6. The minimum atomic E-state index is -0.815. The Hall–Kier alpha value is -0.170. The van der Waals surface area contributed by atoms with Crippen molar-refractivity contribution in [1.29, 1.82) is 0 Å². The Morgan fingerprint density at radius 3 is 2.77 bits per heavy atom. The zero-order valence-electron chi connectivity index (χ0n) is 7.65. The fraction of sp³-hybridized carbons (Fsp3) is 0.714. The number of aromatic nitrogens is 2. The number of aryl methyl sites for hydroxylation is 1. The molecule has 74 valence electrons. The lowest BCUT2D eigenvalue weighted by atomic mass is 10.1. The van der Waals surface area contributed by atoms with Crippen molar-refractivity contribution in [2.24, 2.45) is 5.73 Å². The van der Waals surface area contributed by atoms with Gasteiger partial charge in [0, 0.05) is 12.3 Å². The topological polar surface area (TPSA) is 72.0 Å². The molecule has 0 aliphatic heterocycles. The SMILES string of the molecule is Cc1nnc(SCC(C)(O)CN)s1. The van der Waals surface area contributed by atoms with Gasteiger partial charge in [-0.2, -0.15) is 0 Å². The van der Waals surface area contributed by atoms with Crippen molar-refractivity contribution in [3.05, 3.63) is 5.01 Å². The molecule has 0 aromatic carbocycles. The molecule has 1 aromatic heterocycles. The smallest absolute Gasteiger partial charge is 0.174 e. The van der Waals surface area contributed by atoms with Crippen LogP contribution in [0.2, 0.25) is 0 Å². The highest BCUT2D eigenvalue weighted by Gasteiger charge is 2.19. The van der Waals surface area contributed by atoms with Gasteiger partial charge in [-0.05, 0) is 13.8 Å². The molecular formula is C7H13N3OS2. The Morgan fingerprint density at radius 1 is 1.62 bits per heavy atom.